The van der Waals surface area contributed by atoms with Crippen LogP contribution in [-0.4, -0.2) is 12.1 Å². The number of hydrogen-bond acceptors (Lipinski definition) is 4. The molecule has 0 saturated heterocycles. The standard InChI is InChI=1S/C22H16N2O2/c1-14-7-9-15(10-8-14)17-12-19(24-22(25-2)18(17)13-23)21-11-16-5-3-4-6-20(16)26-21/h3-12H,1-2H3. The molecule has 2 heterocycles. The summed E-state index contributed by atoms with van der Waals surface area (Å²) in [6.45, 7) is 2.03. The van der Waals surface area contributed by atoms with Gasteiger partial charge in [0.15, 0.2) is 5.76 Å². The van der Waals surface area contributed by atoms with Crippen molar-refractivity contribution in [3.63, 3.8) is 0 Å². The fourth-order valence-corrected chi connectivity index (χ4v) is 2.97. The summed E-state index contributed by atoms with van der Waals surface area (Å²) < 4.78 is 11.3. The highest BCUT2D eigenvalue weighted by Gasteiger charge is 2.17. The normalized spacial score (nSPS) is 10.7. The number of nitrogens with zero attached hydrogens (tertiary/aromatic N) is 2. The maximum absolute atomic E-state index is 9.63. The average Bonchev–Trinajstić information content (AvgIpc) is 3.11. The van der Waals surface area contributed by atoms with Crippen molar-refractivity contribution >= 4 is 11.0 Å². The van der Waals surface area contributed by atoms with E-state index in [0.717, 1.165) is 27.7 Å². The van der Waals surface area contributed by atoms with E-state index >= 15 is 0 Å². The van der Waals surface area contributed by atoms with Crippen molar-refractivity contribution in [3.05, 3.63) is 71.8 Å². The van der Waals surface area contributed by atoms with Crippen LogP contribution in [0.2, 0.25) is 0 Å². The highest BCUT2D eigenvalue weighted by molar-refractivity contribution is 5.84. The van der Waals surface area contributed by atoms with Gasteiger partial charge in [-0.3, -0.25) is 0 Å². The second-order valence-corrected chi connectivity index (χ2v) is 6.07. The van der Waals surface area contributed by atoms with Crippen molar-refractivity contribution in [1.82, 2.24) is 4.98 Å². The van der Waals surface area contributed by atoms with Crippen LogP contribution in [0.4, 0.5) is 0 Å². The maximum atomic E-state index is 9.63. The lowest BCUT2D eigenvalue weighted by Crippen LogP contribution is -1.97. The van der Waals surface area contributed by atoms with Crippen molar-refractivity contribution < 1.29 is 9.15 Å². The highest BCUT2D eigenvalue weighted by atomic mass is 16.5. The molecule has 26 heavy (non-hydrogen) atoms. The first kappa shape index (κ1) is 15.9. The van der Waals surface area contributed by atoms with E-state index in [2.05, 4.69) is 11.1 Å². The third-order valence-electron chi connectivity index (χ3n) is 4.33. The van der Waals surface area contributed by atoms with Gasteiger partial charge < -0.3 is 9.15 Å². The van der Waals surface area contributed by atoms with Crippen LogP contribution in [0, 0.1) is 18.3 Å². The van der Waals surface area contributed by atoms with E-state index in [4.69, 9.17) is 9.15 Å². The Bertz CT molecular complexity index is 1100. The van der Waals surface area contributed by atoms with E-state index in [1.807, 2.05) is 67.6 Å². The van der Waals surface area contributed by atoms with E-state index in [9.17, 15) is 5.26 Å². The number of aryl methyl sites for hydroxylation is 1. The topological polar surface area (TPSA) is 59.1 Å². The van der Waals surface area contributed by atoms with E-state index in [1.165, 1.54) is 7.11 Å². The number of furan rings is 1. The van der Waals surface area contributed by atoms with Gasteiger partial charge in [-0.2, -0.15) is 5.26 Å². The van der Waals surface area contributed by atoms with Crippen LogP contribution in [0.15, 0.2) is 65.1 Å². The fourth-order valence-electron chi connectivity index (χ4n) is 2.97. The molecule has 0 fully saturated rings. The molecule has 0 spiro atoms. The monoisotopic (exact) mass is 340 g/mol. The Labute approximate surface area is 151 Å². The van der Waals surface area contributed by atoms with Crippen LogP contribution in [0.3, 0.4) is 0 Å². The average molecular weight is 340 g/mol. The minimum Gasteiger partial charge on any atom is -0.480 e. The summed E-state index contributed by atoms with van der Waals surface area (Å²) in [7, 11) is 1.52. The largest absolute Gasteiger partial charge is 0.480 e. The van der Waals surface area contributed by atoms with Crippen molar-refractivity contribution in [2.75, 3.05) is 7.11 Å². The van der Waals surface area contributed by atoms with Gasteiger partial charge in [0.05, 0.1) is 7.11 Å². The first-order valence-corrected chi connectivity index (χ1v) is 8.24. The molecule has 4 heteroatoms. The smallest absolute Gasteiger partial charge is 0.232 e. The molecule has 4 rings (SSSR count). The molecular formula is C22H16N2O2. The Balaban J connectivity index is 1.94. The lowest BCUT2D eigenvalue weighted by molar-refractivity contribution is 0.397. The molecule has 4 aromatic rings. The van der Waals surface area contributed by atoms with Crippen LogP contribution in [0.1, 0.15) is 11.1 Å². The minimum atomic E-state index is 0.293. The lowest BCUT2D eigenvalue weighted by Gasteiger charge is -2.10. The number of ether oxygens (including phenoxy) is 1. The zero-order chi connectivity index (χ0) is 18.1. The van der Waals surface area contributed by atoms with Gasteiger partial charge in [0.2, 0.25) is 5.88 Å². The Kier molecular flexibility index (Phi) is 3.91. The number of nitriles is 1. The summed E-state index contributed by atoms with van der Waals surface area (Å²) in [5.74, 6) is 0.934. The number of aromatic nitrogens is 1. The molecule has 0 aliphatic rings. The van der Waals surface area contributed by atoms with Gasteiger partial charge >= 0.3 is 0 Å². The molecule has 0 atom stereocenters. The van der Waals surface area contributed by atoms with E-state index in [1.54, 1.807) is 0 Å². The summed E-state index contributed by atoms with van der Waals surface area (Å²) in [5.41, 5.74) is 4.71. The molecule has 0 saturated carbocycles. The van der Waals surface area contributed by atoms with Crippen LogP contribution in [0.5, 0.6) is 5.88 Å². The molecule has 2 aromatic carbocycles. The molecule has 0 aliphatic heterocycles. The van der Waals surface area contributed by atoms with Gasteiger partial charge in [0.1, 0.15) is 22.9 Å². The minimum absolute atomic E-state index is 0.293. The molecule has 0 bridgehead atoms. The second-order valence-electron chi connectivity index (χ2n) is 6.07. The van der Waals surface area contributed by atoms with Crippen molar-refractivity contribution in [3.8, 4) is 34.5 Å². The summed E-state index contributed by atoms with van der Waals surface area (Å²) in [6, 6.07) is 21.9. The Morgan fingerprint density at radius 2 is 1.81 bits per heavy atom. The molecule has 0 aliphatic carbocycles. The number of para-hydroxylation sites is 1. The summed E-state index contributed by atoms with van der Waals surface area (Å²) in [4.78, 5) is 4.49. The molecule has 4 nitrogen and oxygen atoms in total. The zero-order valence-corrected chi connectivity index (χ0v) is 14.5. The van der Waals surface area contributed by atoms with Gasteiger partial charge in [-0.25, -0.2) is 4.98 Å². The predicted octanol–water partition coefficient (Wildman–Crippen LogP) is 5.35. The van der Waals surface area contributed by atoms with Crippen LogP contribution >= 0.6 is 0 Å². The van der Waals surface area contributed by atoms with Crippen LogP contribution in [-0.2, 0) is 0 Å². The molecule has 0 unspecified atom stereocenters. The third kappa shape index (κ3) is 2.70. The first-order chi connectivity index (χ1) is 12.7. The van der Waals surface area contributed by atoms with Gasteiger partial charge in [-0.05, 0) is 30.7 Å². The number of methoxy groups -OCH3 is 1. The number of rotatable bonds is 3. The lowest BCUT2D eigenvalue weighted by atomic mass is 9.99. The molecule has 0 N–H and O–H groups in total. The van der Waals surface area contributed by atoms with Crippen molar-refractivity contribution in [2.24, 2.45) is 0 Å². The Morgan fingerprint density at radius 3 is 2.50 bits per heavy atom. The van der Waals surface area contributed by atoms with E-state index in [-0.39, 0.29) is 0 Å². The number of hydrogen-bond donors (Lipinski definition) is 0. The second kappa shape index (κ2) is 6.38. The first-order valence-electron chi connectivity index (χ1n) is 8.24. The third-order valence-corrected chi connectivity index (χ3v) is 4.33. The summed E-state index contributed by atoms with van der Waals surface area (Å²) in [6.07, 6.45) is 0. The van der Waals surface area contributed by atoms with Crippen LogP contribution < -0.4 is 4.74 Å². The quantitative estimate of drug-likeness (QED) is 0.504. The SMILES string of the molecule is COc1nc(-c2cc3ccccc3o2)cc(-c2ccc(C)cc2)c1C#N. The zero-order valence-electron chi connectivity index (χ0n) is 14.5. The highest BCUT2D eigenvalue weighted by Crippen LogP contribution is 2.35. The number of fused-ring (bicyclic) bond motifs is 1. The van der Waals surface area contributed by atoms with Gasteiger partial charge in [-0.1, -0.05) is 48.0 Å². The molecule has 126 valence electrons. The number of pyridine rings is 1. The van der Waals surface area contributed by atoms with E-state index < -0.39 is 0 Å². The van der Waals surface area contributed by atoms with Gasteiger partial charge in [-0.15, -0.1) is 0 Å². The van der Waals surface area contributed by atoms with Crippen molar-refractivity contribution in [1.29, 1.82) is 5.26 Å². The number of benzene rings is 2. The molecule has 2 aromatic heterocycles. The Hall–Kier alpha value is -3.58. The van der Waals surface area contributed by atoms with Crippen LogP contribution in [0.25, 0.3) is 33.6 Å². The predicted molar refractivity (Wildman–Crippen MR) is 101 cm³/mol. The Morgan fingerprint density at radius 1 is 1.04 bits per heavy atom. The van der Waals surface area contributed by atoms with Gasteiger partial charge in [0.25, 0.3) is 0 Å². The molecule has 0 radical (unpaired) electrons. The summed E-state index contributed by atoms with van der Waals surface area (Å²) in [5, 5.41) is 10.6. The van der Waals surface area contributed by atoms with E-state index in [0.29, 0.717) is 22.9 Å². The van der Waals surface area contributed by atoms with Gasteiger partial charge in [0, 0.05) is 10.9 Å². The summed E-state index contributed by atoms with van der Waals surface area (Å²) >= 11 is 0. The fraction of sp³-hybridized carbons (Fsp3) is 0.0909. The molecular weight excluding hydrogens is 324 g/mol. The molecule has 0 amide bonds. The maximum Gasteiger partial charge on any atom is 0.232 e. The van der Waals surface area contributed by atoms with Crippen molar-refractivity contribution in [2.45, 2.75) is 6.92 Å².